The fourth-order valence-corrected chi connectivity index (χ4v) is 2.90. The van der Waals surface area contributed by atoms with Gasteiger partial charge in [-0.25, -0.2) is 0 Å². The van der Waals surface area contributed by atoms with Crippen LogP contribution in [-0.2, 0) is 6.54 Å². The fraction of sp³-hybridized carbons (Fsp3) is 0.625. The first-order valence-electron chi connectivity index (χ1n) is 7.30. The third-order valence-corrected chi connectivity index (χ3v) is 4.23. The van der Waals surface area contributed by atoms with Crippen LogP contribution in [0.2, 0.25) is 0 Å². The number of aliphatic hydroxyl groups is 1. The molecule has 2 N–H and O–H groups in total. The Kier molecular flexibility index (Phi) is 5.26. The smallest absolute Gasteiger partial charge is 0.161 e. The first kappa shape index (κ1) is 15.1. The normalized spacial score (nSPS) is 17.8. The van der Waals surface area contributed by atoms with Crippen molar-refractivity contribution < 1.29 is 14.6 Å². The van der Waals surface area contributed by atoms with Crippen molar-refractivity contribution in [1.29, 1.82) is 0 Å². The number of ether oxygens (including phenoxy) is 2. The van der Waals surface area contributed by atoms with E-state index in [4.69, 9.17) is 9.47 Å². The Morgan fingerprint density at radius 1 is 1.10 bits per heavy atom. The lowest BCUT2D eigenvalue weighted by molar-refractivity contribution is 0.119. The number of hydrogen-bond donors (Lipinski definition) is 2. The first-order chi connectivity index (χ1) is 9.73. The summed E-state index contributed by atoms with van der Waals surface area (Å²) >= 11 is 0. The van der Waals surface area contributed by atoms with E-state index >= 15 is 0 Å². The van der Waals surface area contributed by atoms with E-state index in [0.29, 0.717) is 0 Å². The van der Waals surface area contributed by atoms with Gasteiger partial charge in [0.25, 0.3) is 0 Å². The van der Waals surface area contributed by atoms with Crippen molar-refractivity contribution in [3.63, 3.8) is 0 Å². The molecule has 20 heavy (non-hydrogen) atoms. The highest BCUT2D eigenvalue weighted by Crippen LogP contribution is 2.30. The molecular weight excluding hydrogens is 254 g/mol. The van der Waals surface area contributed by atoms with E-state index in [0.717, 1.165) is 36.4 Å². The second kappa shape index (κ2) is 6.95. The molecule has 1 fully saturated rings. The largest absolute Gasteiger partial charge is 0.493 e. The molecule has 1 aromatic carbocycles. The van der Waals surface area contributed by atoms with Gasteiger partial charge >= 0.3 is 0 Å². The number of aliphatic hydroxyl groups excluding tert-OH is 1. The zero-order valence-electron chi connectivity index (χ0n) is 12.4. The van der Waals surface area contributed by atoms with Gasteiger partial charge in [0, 0.05) is 12.1 Å². The highest BCUT2D eigenvalue weighted by molar-refractivity contribution is 5.42. The molecule has 1 aliphatic rings. The van der Waals surface area contributed by atoms with E-state index in [9.17, 15) is 5.11 Å². The molecule has 0 heterocycles. The average Bonchev–Trinajstić information content (AvgIpc) is 2.53. The van der Waals surface area contributed by atoms with Crippen molar-refractivity contribution in [3.8, 4) is 11.5 Å². The van der Waals surface area contributed by atoms with Crippen molar-refractivity contribution in [2.24, 2.45) is 0 Å². The number of nitrogens with one attached hydrogen (secondary N) is 1. The molecule has 2 rings (SSSR count). The predicted octanol–water partition coefficient (Wildman–Crippen LogP) is 2.49. The molecule has 0 bridgehead atoms. The van der Waals surface area contributed by atoms with E-state index < -0.39 is 0 Å². The van der Waals surface area contributed by atoms with Crippen molar-refractivity contribution >= 4 is 0 Å². The Bertz CT molecular complexity index is 428. The summed E-state index contributed by atoms with van der Waals surface area (Å²) in [4.78, 5) is 0. The second-order valence-corrected chi connectivity index (χ2v) is 5.54. The molecule has 1 aliphatic carbocycles. The van der Waals surface area contributed by atoms with Gasteiger partial charge in [0.2, 0.25) is 0 Å². The van der Waals surface area contributed by atoms with E-state index in [1.54, 1.807) is 14.2 Å². The van der Waals surface area contributed by atoms with Crippen molar-refractivity contribution in [2.45, 2.75) is 44.2 Å². The highest BCUT2D eigenvalue weighted by atomic mass is 16.5. The maximum absolute atomic E-state index is 9.70. The topological polar surface area (TPSA) is 50.7 Å². The summed E-state index contributed by atoms with van der Waals surface area (Å²) in [5.74, 6) is 1.49. The molecule has 0 aromatic heterocycles. The van der Waals surface area contributed by atoms with Crippen molar-refractivity contribution in [2.75, 3.05) is 20.8 Å². The Morgan fingerprint density at radius 2 is 1.80 bits per heavy atom. The average molecular weight is 279 g/mol. The molecule has 112 valence electrons. The molecule has 1 aromatic rings. The van der Waals surface area contributed by atoms with Crippen LogP contribution < -0.4 is 14.8 Å². The zero-order chi connectivity index (χ0) is 14.4. The van der Waals surface area contributed by atoms with Crippen molar-refractivity contribution in [3.05, 3.63) is 23.8 Å². The fourth-order valence-electron chi connectivity index (χ4n) is 2.90. The van der Waals surface area contributed by atoms with Gasteiger partial charge in [-0.1, -0.05) is 25.3 Å². The van der Waals surface area contributed by atoms with Crippen LogP contribution in [0.5, 0.6) is 11.5 Å². The SMILES string of the molecule is COc1ccc(CNC2(CO)CCCCC2)cc1OC. The van der Waals surface area contributed by atoms with E-state index in [2.05, 4.69) is 5.32 Å². The Balaban J connectivity index is 2.02. The summed E-state index contributed by atoms with van der Waals surface area (Å²) in [6.45, 7) is 0.946. The van der Waals surface area contributed by atoms with Crippen LogP contribution in [0.3, 0.4) is 0 Å². The van der Waals surface area contributed by atoms with Crippen LogP contribution in [0.1, 0.15) is 37.7 Å². The Labute approximate surface area is 121 Å². The van der Waals surface area contributed by atoms with Crippen LogP contribution in [-0.4, -0.2) is 31.5 Å². The molecule has 0 atom stereocenters. The third kappa shape index (κ3) is 3.44. The molecule has 0 unspecified atom stereocenters. The number of benzene rings is 1. The van der Waals surface area contributed by atoms with Crippen LogP contribution in [0.4, 0.5) is 0 Å². The standard InChI is InChI=1S/C16H25NO3/c1-19-14-7-6-13(10-15(14)20-2)11-17-16(12-18)8-4-3-5-9-16/h6-7,10,17-18H,3-5,8-9,11-12H2,1-2H3. The summed E-state index contributed by atoms with van der Waals surface area (Å²) in [5, 5.41) is 13.2. The third-order valence-electron chi connectivity index (χ3n) is 4.23. The Hall–Kier alpha value is -1.26. The van der Waals surface area contributed by atoms with E-state index in [-0.39, 0.29) is 12.1 Å². The van der Waals surface area contributed by atoms with Gasteiger partial charge in [0.1, 0.15) is 0 Å². The summed E-state index contributed by atoms with van der Waals surface area (Å²) in [5.41, 5.74) is 1.03. The molecule has 0 amide bonds. The van der Waals surface area contributed by atoms with Crippen molar-refractivity contribution in [1.82, 2.24) is 5.32 Å². The summed E-state index contributed by atoms with van der Waals surface area (Å²) < 4.78 is 10.6. The molecule has 0 spiro atoms. The van der Waals surface area contributed by atoms with Gasteiger partial charge in [0.05, 0.1) is 20.8 Å². The first-order valence-corrected chi connectivity index (χ1v) is 7.30. The van der Waals surface area contributed by atoms with Gasteiger partial charge in [-0.2, -0.15) is 0 Å². The summed E-state index contributed by atoms with van der Waals surface area (Å²) in [7, 11) is 3.28. The zero-order valence-corrected chi connectivity index (χ0v) is 12.4. The maximum atomic E-state index is 9.70. The molecule has 0 radical (unpaired) electrons. The van der Waals surface area contributed by atoms with Gasteiger partial charge in [-0.15, -0.1) is 0 Å². The molecule has 4 heteroatoms. The maximum Gasteiger partial charge on any atom is 0.161 e. The van der Waals surface area contributed by atoms with Gasteiger partial charge in [-0.05, 0) is 30.5 Å². The second-order valence-electron chi connectivity index (χ2n) is 5.54. The van der Waals surface area contributed by atoms with Crippen LogP contribution in [0.25, 0.3) is 0 Å². The lowest BCUT2D eigenvalue weighted by atomic mass is 9.82. The van der Waals surface area contributed by atoms with Crippen LogP contribution in [0, 0.1) is 0 Å². The monoisotopic (exact) mass is 279 g/mol. The summed E-state index contributed by atoms with van der Waals surface area (Å²) in [6.07, 6.45) is 5.77. The van der Waals surface area contributed by atoms with Crippen LogP contribution in [0.15, 0.2) is 18.2 Å². The van der Waals surface area contributed by atoms with Crippen LogP contribution >= 0.6 is 0 Å². The molecule has 1 saturated carbocycles. The van der Waals surface area contributed by atoms with E-state index in [1.807, 2.05) is 18.2 Å². The lowest BCUT2D eigenvalue weighted by Crippen LogP contribution is -2.49. The minimum Gasteiger partial charge on any atom is -0.493 e. The number of hydrogen-bond acceptors (Lipinski definition) is 4. The summed E-state index contributed by atoms with van der Waals surface area (Å²) in [6, 6.07) is 5.93. The molecular formula is C16H25NO3. The van der Waals surface area contributed by atoms with Gasteiger partial charge in [0.15, 0.2) is 11.5 Å². The minimum absolute atomic E-state index is 0.106. The predicted molar refractivity (Wildman–Crippen MR) is 79.3 cm³/mol. The lowest BCUT2D eigenvalue weighted by Gasteiger charge is -2.36. The quantitative estimate of drug-likeness (QED) is 0.840. The minimum atomic E-state index is -0.106. The molecule has 0 saturated heterocycles. The highest BCUT2D eigenvalue weighted by Gasteiger charge is 2.30. The Morgan fingerprint density at radius 3 is 2.40 bits per heavy atom. The number of rotatable bonds is 6. The number of methoxy groups -OCH3 is 2. The van der Waals surface area contributed by atoms with Gasteiger partial charge < -0.3 is 19.9 Å². The van der Waals surface area contributed by atoms with E-state index in [1.165, 1.54) is 19.3 Å². The molecule has 0 aliphatic heterocycles. The van der Waals surface area contributed by atoms with Gasteiger partial charge in [-0.3, -0.25) is 0 Å². The molecule has 4 nitrogen and oxygen atoms in total.